The van der Waals surface area contributed by atoms with Crippen LogP contribution in [0.3, 0.4) is 0 Å². The lowest BCUT2D eigenvalue weighted by Crippen LogP contribution is -2.42. The summed E-state index contributed by atoms with van der Waals surface area (Å²) >= 11 is 3.48. The van der Waals surface area contributed by atoms with E-state index in [1.807, 2.05) is 6.08 Å². The van der Waals surface area contributed by atoms with Gasteiger partial charge in [-0.2, -0.15) is 0 Å². The van der Waals surface area contributed by atoms with Gasteiger partial charge in [0.1, 0.15) is 5.78 Å². The molecule has 1 heterocycles. The van der Waals surface area contributed by atoms with Crippen molar-refractivity contribution in [2.45, 2.75) is 38.3 Å². The fourth-order valence-electron chi connectivity index (χ4n) is 1.64. The molecule has 0 aromatic rings. The molecule has 3 heteroatoms. The van der Waals surface area contributed by atoms with Crippen LogP contribution in [0.15, 0.2) is 23.2 Å². The van der Waals surface area contributed by atoms with Crippen molar-refractivity contribution in [1.82, 2.24) is 5.32 Å². The Morgan fingerprint density at radius 3 is 3.14 bits per heavy atom. The predicted molar refractivity (Wildman–Crippen MR) is 62.5 cm³/mol. The second-order valence-electron chi connectivity index (χ2n) is 3.67. The number of rotatable bonds is 4. The lowest BCUT2D eigenvalue weighted by Gasteiger charge is -2.28. The molecule has 2 nitrogen and oxygen atoms in total. The molecule has 0 radical (unpaired) electrons. The third-order valence-corrected chi connectivity index (χ3v) is 3.19. The molecule has 0 amide bonds. The van der Waals surface area contributed by atoms with E-state index in [9.17, 15) is 4.79 Å². The first kappa shape index (κ1) is 11.7. The second kappa shape index (κ2) is 5.47. The molecule has 0 aliphatic carbocycles. The first-order valence-electron chi connectivity index (χ1n) is 4.85. The maximum absolute atomic E-state index is 11.0. The van der Waals surface area contributed by atoms with Gasteiger partial charge in [-0.3, -0.25) is 4.79 Å². The van der Waals surface area contributed by atoms with E-state index < -0.39 is 0 Å². The lowest BCUT2D eigenvalue weighted by molar-refractivity contribution is -0.117. The van der Waals surface area contributed by atoms with E-state index in [-0.39, 0.29) is 11.8 Å². The summed E-state index contributed by atoms with van der Waals surface area (Å²) < 4.78 is 1.10. The summed E-state index contributed by atoms with van der Waals surface area (Å²) in [5.74, 6) is 0.215. The SMILES string of the molecule is C=CC[C@@H]1CC=C(Br)[C@H](CC(C)=O)N1. The number of hydrogen-bond donors (Lipinski definition) is 1. The fourth-order valence-corrected chi connectivity index (χ4v) is 2.12. The topological polar surface area (TPSA) is 29.1 Å². The smallest absolute Gasteiger partial charge is 0.131 e. The number of Topliss-reactive ketones (excluding diaryl/α,β-unsaturated/α-hetero) is 1. The highest BCUT2D eigenvalue weighted by Gasteiger charge is 2.21. The molecule has 0 saturated carbocycles. The number of carbonyl (C=O) groups is 1. The Kier molecular flexibility index (Phi) is 4.55. The van der Waals surface area contributed by atoms with Crippen LogP contribution in [-0.4, -0.2) is 17.9 Å². The molecule has 1 aliphatic heterocycles. The van der Waals surface area contributed by atoms with Crippen molar-refractivity contribution in [3.8, 4) is 0 Å². The van der Waals surface area contributed by atoms with E-state index in [1.54, 1.807) is 6.92 Å². The Labute approximate surface area is 93.6 Å². The average molecular weight is 258 g/mol. The average Bonchev–Trinajstić information content (AvgIpc) is 2.10. The minimum absolute atomic E-state index is 0.159. The van der Waals surface area contributed by atoms with Crippen molar-refractivity contribution in [3.05, 3.63) is 23.2 Å². The highest BCUT2D eigenvalue weighted by atomic mass is 79.9. The summed E-state index contributed by atoms with van der Waals surface area (Å²) in [4.78, 5) is 11.0. The number of halogens is 1. The van der Waals surface area contributed by atoms with E-state index in [0.717, 1.165) is 17.3 Å². The van der Waals surface area contributed by atoms with Crippen LogP contribution < -0.4 is 5.32 Å². The quantitative estimate of drug-likeness (QED) is 0.785. The van der Waals surface area contributed by atoms with Crippen LogP contribution in [0.25, 0.3) is 0 Å². The van der Waals surface area contributed by atoms with Crippen molar-refractivity contribution < 1.29 is 4.79 Å². The molecule has 14 heavy (non-hydrogen) atoms. The van der Waals surface area contributed by atoms with Crippen LogP contribution >= 0.6 is 15.9 Å². The summed E-state index contributed by atoms with van der Waals surface area (Å²) in [6.07, 6.45) is 6.57. The Morgan fingerprint density at radius 1 is 1.86 bits per heavy atom. The molecule has 0 unspecified atom stereocenters. The Bertz CT molecular complexity index is 260. The van der Waals surface area contributed by atoms with Gasteiger partial charge in [-0.25, -0.2) is 0 Å². The van der Waals surface area contributed by atoms with Crippen LogP contribution in [0.4, 0.5) is 0 Å². The number of nitrogens with one attached hydrogen (secondary N) is 1. The zero-order valence-electron chi connectivity index (χ0n) is 8.42. The zero-order valence-corrected chi connectivity index (χ0v) is 10.0. The maximum Gasteiger partial charge on any atom is 0.131 e. The van der Waals surface area contributed by atoms with Gasteiger partial charge in [0, 0.05) is 23.0 Å². The van der Waals surface area contributed by atoms with Gasteiger partial charge in [0.25, 0.3) is 0 Å². The predicted octanol–water partition coefficient (Wildman–Crippen LogP) is 2.55. The van der Waals surface area contributed by atoms with E-state index >= 15 is 0 Å². The van der Waals surface area contributed by atoms with Crippen molar-refractivity contribution in [1.29, 1.82) is 0 Å². The van der Waals surface area contributed by atoms with Crippen molar-refractivity contribution >= 4 is 21.7 Å². The molecular formula is C11H16BrNO. The van der Waals surface area contributed by atoms with Gasteiger partial charge in [0.05, 0.1) is 0 Å². The van der Waals surface area contributed by atoms with Gasteiger partial charge in [-0.15, -0.1) is 6.58 Å². The largest absolute Gasteiger partial charge is 0.306 e. The second-order valence-corrected chi connectivity index (χ2v) is 4.59. The van der Waals surface area contributed by atoms with E-state index in [4.69, 9.17) is 0 Å². The first-order valence-corrected chi connectivity index (χ1v) is 5.64. The van der Waals surface area contributed by atoms with Gasteiger partial charge < -0.3 is 5.32 Å². The zero-order chi connectivity index (χ0) is 10.6. The minimum Gasteiger partial charge on any atom is -0.306 e. The Balaban J connectivity index is 2.56. The number of carbonyl (C=O) groups excluding carboxylic acids is 1. The van der Waals surface area contributed by atoms with Gasteiger partial charge in [0.2, 0.25) is 0 Å². The molecule has 1 rings (SSSR count). The molecule has 2 atom stereocenters. The monoisotopic (exact) mass is 257 g/mol. The van der Waals surface area contributed by atoms with Crippen LogP contribution in [0.5, 0.6) is 0 Å². The summed E-state index contributed by atoms with van der Waals surface area (Å²) in [7, 11) is 0. The van der Waals surface area contributed by atoms with Gasteiger partial charge >= 0.3 is 0 Å². The Hall–Kier alpha value is -0.410. The minimum atomic E-state index is 0.159. The summed E-state index contributed by atoms with van der Waals surface area (Å²) in [5, 5.41) is 3.43. The normalized spacial score (nSPS) is 26.9. The third-order valence-electron chi connectivity index (χ3n) is 2.31. The van der Waals surface area contributed by atoms with Crippen molar-refractivity contribution in [3.63, 3.8) is 0 Å². The summed E-state index contributed by atoms with van der Waals surface area (Å²) in [5.41, 5.74) is 0. The summed E-state index contributed by atoms with van der Waals surface area (Å²) in [6, 6.07) is 0.587. The third kappa shape index (κ3) is 3.39. The molecule has 0 aromatic heterocycles. The first-order chi connectivity index (χ1) is 6.63. The molecule has 78 valence electrons. The van der Waals surface area contributed by atoms with Crippen LogP contribution in [0.1, 0.15) is 26.2 Å². The van der Waals surface area contributed by atoms with E-state index in [2.05, 4.69) is 33.9 Å². The van der Waals surface area contributed by atoms with Crippen LogP contribution in [0.2, 0.25) is 0 Å². The molecule has 1 N–H and O–H groups in total. The molecule has 0 aromatic carbocycles. The molecule has 0 bridgehead atoms. The maximum atomic E-state index is 11.0. The van der Waals surface area contributed by atoms with Gasteiger partial charge in [-0.05, 0) is 19.8 Å². The highest BCUT2D eigenvalue weighted by Crippen LogP contribution is 2.22. The van der Waals surface area contributed by atoms with Gasteiger partial charge in [0.15, 0.2) is 0 Å². The lowest BCUT2D eigenvalue weighted by atomic mass is 10.0. The summed E-state index contributed by atoms with van der Waals surface area (Å²) in [6.45, 7) is 5.34. The van der Waals surface area contributed by atoms with E-state index in [1.165, 1.54) is 0 Å². The fraction of sp³-hybridized carbons (Fsp3) is 0.545. The molecule has 0 fully saturated rings. The number of hydrogen-bond acceptors (Lipinski definition) is 2. The molecule has 0 saturated heterocycles. The number of ketones is 1. The molecular weight excluding hydrogens is 242 g/mol. The van der Waals surface area contributed by atoms with Crippen molar-refractivity contribution in [2.24, 2.45) is 0 Å². The van der Waals surface area contributed by atoms with E-state index in [0.29, 0.717) is 12.5 Å². The molecule has 0 spiro atoms. The Morgan fingerprint density at radius 2 is 2.57 bits per heavy atom. The van der Waals surface area contributed by atoms with Crippen LogP contribution in [0, 0.1) is 0 Å². The van der Waals surface area contributed by atoms with Gasteiger partial charge in [-0.1, -0.05) is 28.1 Å². The van der Waals surface area contributed by atoms with Crippen LogP contribution in [-0.2, 0) is 4.79 Å². The van der Waals surface area contributed by atoms with Crippen molar-refractivity contribution in [2.75, 3.05) is 0 Å². The molecule has 1 aliphatic rings. The highest BCUT2D eigenvalue weighted by molar-refractivity contribution is 9.11. The standard InChI is InChI=1S/C11H16BrNO/c1-3-4-9-5-6-10(12)11(13-9)7-8(2)14/h3,6,9,11,13H,1,4-5,7H2,2H3/t9-,11+/m1/s1.